The van der Waals surface area contributed by atoms with Gasteiger partial charge in [0.25, 0.3) is 0 Å². The summed E-state index contributed by atoms with van der Waals surface area (Å²) in [5, 5.41) is 2.99. The summed E-state index contributed by atoms with van der Waals surface area (Å²) < 4.78 is 6.19. The quantitative estimate of drug-likeness (QED) is 0.883. The molecule has 1 aliphatic rings. The highest BCUT2D eigenvalue weighted by molar-refractivity contribution is 9.10. The van der Waals surface area contributed by atoms with Gasteiger partial charge in [-0.05, 0) is 31.0 Å². The molecule has 0 heterocycles. The number of hydrogen-bond acceptors (Lipinski definition) is 3. The molecule has 0 aromatic heterocycles. The highest BCUT2D eigenvalue weighted by Crippen LogP contribution is 2.37. The number of carbonyl (C=O) groups is 1. The van der Waals surface area contributed by atoms with Gasteiger partial charge >= 0.3 is 0 Å². The van der Waals surface area contributed by atoms with Crippen LogP contribution in [-0.2, 0) is 4.79 Å². The first-order valence-electron chi connectivity index (χ1n) is 6.96. The number of benzene rings is 1. The van der Waals surface area contributed by atoms with Gasteiger partial charge in [0.05, 0.1) is 18.2 Å². The Balaban J connectivity index is 2.20. The fourth-order valence-electron chi connectivity index (χ4n) is 2.79. The number of ether oxygens (including phenoxy) is 1. The van der Waals surface area contributed by atoms with Crippen molar-refractivity contribution in [1.82, 2.24) is 0 Å². The standard InChI is InChI=1S/C15H21BrN2O2/c1-20-13-6-5-11(16)9-12(13)18-14(19)15(10-17)7-3-2-4-8-15/h5-6,9H,2-4,7-8,10,17H2,1H3,(H,18,19). The van der Waals surface area contributed by atoms with Crippen molar-refractivity contribution in [3.63, 3.8) is 0 Å². The SMILES string of the molecule is COc1ccc(Br)cc1NC(=O)C1(CN)CCCCC1. The minimum Gasteiger partial charge on any atom is -0.495 e. The van der Waals surface area contributed by atoms with Crippen LogP contribution in [0.3, 0.4) is 0 Å². The van der Waals surface area contributed by atoms with E-state index < -0.39 is 5.41 Å². The van der Waals surface area contributed by atoms with Gasteiger partial charge in [-0.25, -0.2) is 0 Å². The summed E-state index contributed by atoms with van der Waals surface area (Å²) in [5.41, 5.74) is 6.15. The van der Waals surface area contributed by atoms with E-state index in [1.165, 1.54) is 6.42 Å². The molecule has 0 radical (unpaired) electrons. The summed E-state index contributed by atoms with van der Waals surface area (Å²) in [5.74, 6) is 0.667. The topological polar surface area (TPSA) is 64.3 Å². The molecule has 1 aromatic rings. The predicted molar refractivity (Wildman–Crippen MR) is 83.9 cm³/mol. The lowest BCUT2D eigenvalue weighted by Gasteiger charge is -2.34. The van der Waals surface area contributed by atoms with Gasteiger partial charge in [0.1, 0.15) is 5.75 Å². The van der Waals surface area contributed by atoms with E-state index in [1.807, 2.05) is 18.2 Å². The minimum absolute atomic E-state index is 0.0103. The maximum Gasteiger partial charge on any atom is 0.231 e. The van der Waals surface area contributed by atoms with Gasteiger partial charge < -0.3 is 15.8 Å². The Bertz CT molecular complexity index is 485. The Labute approximate surface area is 128 Å². The van der Waals surface area contributed by atoms with Crippen LogP contribution >= 0.6 is 15.9 Å². The van der Waals surface area contributed by atoms with Crippen molar-refractivity contribution < 1.29 is 9.53 Å². The maximum absolute atomic E-state index is 12.6. The molecule has 4 nitrogen and oxygen atoms in total. The highest BCUT2D eigenvalue weighted by Gasteiger charge is 2.38. The van der Waals surface area contributed by atoms with Crippen molar-refractivity contribution in [2.24, 2.45) is 11.1 Å². The number of nitrogens with one attached hydrogen (secondary N) is 1. The molecule has 0 aliphatic heterocycles. The third-order valence-corrected chi connectivity index (χ3v) is 4.59. The second-order valence-electron chi connectivity index (χ2n) is 5.34. The largest absolute Gasteiger partial charge is 0.495 e. The van der Waals surface area contributed by atoms with Crippen LogP contribution in [0.2, 0.25) is 0 Å². The lowest BCUT2D eigenvalue weighted by molar-refractivity contribution is -0.126. The Morgan fingerprint density at radius 1 is 1.40 bits per heavy atom. The molecule has 3 N–H and O–H groups in total. The molecule has 1 amide bonds. The van der Waals surface area contributed by atoms with Gasteiger partial charge in [-0.3, -0.25) is 4.79 Å². The van der Waals surface area contributed by atoms with Crippen molar-refractivity contribution in [3.8, 4) is 5.75 Å². The van der Waals surface area contributed by atoms with Gasteiger partial charge in [-0.15, -0.1) is 0 Å². The predicted octanol–water partition coefficient (Wildman–Crippen LogP) is 3.31. The van der Waals surface area contributed by atoms with Crippen LogP contribution in [0.1, 0.15) is 32.1 Å². The number of hydrogen-bond donors (Lipinski definition) is 2. The van der Waals surface area contributed by atoms with E-state index in [-0.39, 0.29) is 5.91 Å². The molecule has 110 valence electrons. The fourth-order valence-corrected chi connectivity index (χ4v) is 3.15. The second kappa shape index (κ2) is 6.59. The first-order chi connectivity index (χ1) is 9.61. The molecule has 1 fully saturated rings. The molecular formula is C15H21BrN2O2. The van der Waals surface area contributed by atoms with Gasteiger partial charge in [0, 0.05) is 11.0 Å². The van der Waals surface area contributed by atoms with Crippen molar-refractivity contribution in [1.29, 1.82) is 0 Å². The summed E-state index contributed by atoms with van der Waals surface area (Å²) in [6.07, 6.45) is 5.06. The normalized spacial score (nSPS) is 17.6. The zero-order valence-corrected chi connectivity index (χ0v) is 13.3. The molecule has 1 aromatic carbocycles. The number of amides is 1. The van der Waals surface area contributed by atoms with Crippen molar-refractivity contribution in [2.45, 2.75) is 32.1 Å². The Kier molecular flexibility index (Phi) is 5.05. The minimum atomic E-state index is -0.425. The number of halogens is 1. The molecule has 0 unspecified atom stereocenters. The average Bonchev–Trinajstić information content (AvgIpc) is 2.48. The van der Waals surface area contributed by atoms with Gasteiger partial charge in [-0.2, -0.15) is 0 Å². The summed E-state index contributed by atoms with van der Waals surface area (Å²) >= 11 is 3.41. The van der Waals surface area contributed by atoms with E-state index in [9.17, 15) is 4.79 Å². The number of nitrogens with two attached hydrogens (primary N) is 1. The van der Waals surface area contributed by atoms with E-state index in [4.69, 9.17) is 10.5 Å². The van der Waals surface area contributed by atoms with E-state index in [0.717, 1.165) is 30.2 Å². The molecular weight excluding hydrogens is 320 g/mol. The smallest absolute Gasteiger partial charge is 0.231 e. The molecule has 0 bridgehead atoms. The van der Waals surface area contributed by atoms with Crippen molar-refractivity contribution >= 4 is 27.5 Å². The van der Waals surface area contributed by atoms with Crippen LogP contribution in [-0.4, -0.2) is 19.6 Å². The zero-order chi connectivity index (χ0) is 14.6. The van der Waals surface area contributed by atoms with Gasteiger partial charge in [-0.1, -0.05) is 35.2 Å². The van der Waals surface area contributed by atoms with E-state index in [0.29, 0.717) is 18.0 Å². The molecule has 20 heavy (non-hydrogen) atoms. The molecule has 0 saturated heterocycles. The van der Waals surface area contributed by atoms with Crippen LogP contribution in [0.5, 0.6) is 5.75 Å². The monoisotopic (exact) mass is 340 g/mol. The van der Waals surface area contributed by atoms with E-state index >= 15 is 0 Å². The third kappa shape index (κ3) is 3.15. The molecule has 1 saturated carbocycles. The van der Waals surface area contributed by atoms with Gasteiger partial charge in [0.2, 0.25) is 5.91 Å². The first-order valence-corrected chi connectivity index (χ1v) is 7.76. The summed E-state index contributed by atoms with van der Waals surface area (Å²) in [6.45, 7) is 0.398. The molecule has 2 rings (SSSR count). The summed E-state index contributed by atoms with van der Waals surface area (Å²) in [4.78, 5) is 12.6. The zero-order valence-electron chi connectivity index (χ0n) is 11.7. The lowest BCUT2D eigenvalue weighted by atomic mass is 9.73. The molecule has 1 aliphatic carbocycles. The van der Waals surface area contributed by atoms with Crippen LogP contribution in [0, 0.1) is 5.41 Å². The van der Waals surface area contributed by atoms with Crippen LogP contribution < -0.4 is 15.8 Å². The number of anilines is 1. The van der Waals surface area contributed by atoms with Crippen LogP contribution in [0.4, 0.5) is 5.69 Å². The first kappa shape index (κ1) is 15.3. The fraction of sp³-hybridized carbons (Fsp3) is 0.533. The van der Waals surface area contributed by atoms with Crippen molar-refractivity contribution in [2.75, 3.05) is 19.0 Å². The van der Waals surface area contributed by atoms with Crippen LogP contribution in [0.15, 0.2) is 22.7 Å². The maximum atomic E-state index is 12.6. The molecule has 5 heteroatoms. The Morgan fingerprint density at radius 2 is 2.10 bits per heavy atom. The number of methoxy groups -OCH3 is 1. The van der Waals surface area contributed by atoms with E-state index in [2.05, 4.69) is 21.2 Å². The Hall–Kier alpha value is -1.07. The highest BCUT2D eigenvalue weighted by atomic mass is 79.9. The second-order valence-corrected chi connectivity index (χ2v) is 6.26. The van der Waals surface area contributed by atoms with Gasteiger partial charge in [0.15, 0.2) is 0 Å². The summed E-state index contributed by atoms with van der Waals surface area (Å²) in [6, 6.07) is 5.56. The van der Waals surface area contributed by atoms with Crippen LogP contribution in [0.25, 0.3) is 0 Å². The number of carbonyl (C=O) groups excluding carboxylic acids is 1. The molecule has 0 atom stereocenters. The molecule has 0 spiro atoms. The number of rotatable bonds is 4. The van der Waals surface area contributed by atoms with Crippen molar-refractivity contribution in [3.05, 3.63) is 22.7 Å². The Morgan fingerprint density at radius 3 is 2.70 bits per heavy atom. The average molecular weight is 341 g/mol. The van der Waals surface area contributed by atoms with E-state index in [1.54, 1.807) is 7.11 Å². The summed E-state index contributed by atoms with van der Waals surface area (Å²) in [7, 11) is 1.60. The third-order valence-electron chi connectivity index (χ3n) is 4.09. The lowest BCUT2D eigenvalue weighted by Crippen LogP contribution is -2.43.